The monoisotopic (exact) mass is 233 g/mol. The summed E-state index contributed by atoms with van der Waals surface area (Å²) in [6.45, 7) is 6.14. The quantitative estimate of drug-likeness (QED) is 0.865. The van der Waals surface area contributed by atoms with Gasteiger partial charge in [-0.15, -0.1) is 0 Å². The second-order valence-electron chi connectivity index (χ2n) is 5.49. The molecule has 1 atom stereocenters. The smallest absolute Gasteiger partial charge is 0.225 e. The molecule has 0 bridgehead atoms. The van der Waals surface area contributed by atoms with E-state index < -0.39 is 6.10 Å². The molecule has 1 aliphatic carbocycles. The fourth-order valence-corrected chi connectivity index (χ4v) is 2.56. The molecule has 3 rings (SSSR count). The van der Waals surface area contributed by atoms with Crippen LogP contribution in [0.25, 0.3) is 0 Å². The van der Waals surface area contributed by atoms with Crippen LogP contribution in [0.2, 0.25) is 0 Å². The van der Waals surface area contributed by atoms with Gasteiger partial charge in [-0.25, -0.2) is 9.97 Å². The summed E-state index contributed by atoms with van der Waals surface area (Å²) in [6.07, 6.45) is 4.79. The SMILES string of the molecule is CCC(O)c1cnc(N2CC3(CC3)C2)nc1C. The van der Waals surface area contributed by atoms with Gasteiger partial charge in [0.1, 0.15) is 0 Å². The maximum absolute atomic E-state index is 9.81. The predicted molar refractivity (Wildman–Crippen MR) is 65.9 cm³/mol. The van der Waals surface area contributed by atoms with Crippen LogP contribution in [0.4, 0.5) is 5.95 Å². The molecule has 1 aliphatic heterocycles. The topological polar surface area (TPSA) is 49.3 Å². The van der Waals surface area contributed by atoms with Gasteiger partial charge in [0.25, 0.3) is 0 Å². The van der Waals surface area contributed by atoms with Crippen molar-refractivity contribution in [2.24, 2.45) is 5.41 Å². The summed E-state index contributed by atoms with van der Waals surface area (Å²) in [5, 5.41) is 9.81. The van der Waals surface area contributed by atoms with Crippen LogP contribution >= 0.6 is 0 Å². The lowest BCUT2D eigenvalue weighted by Crippen LogP contribution is -2.49. The number of rotatable bonds is 3. The average molecular weight is 233 g/mol. The molecule has 2 heterocycles. The van der Waals surface area contributed by atoms with Gasteiger partial charge in [-0.1, -0.05) is 6.92 Å². The van der Waals surface area contributed by atoms with Gasteiger partial charge in [0.2, 0.25) is 5.95 Å². The summed E-state index contributed by atoms with van der Waals surface area (Å²) < 4.78 is 0. The third-order valence-corrected chi connectivity index (χ3v) is 4.04. The Bertz CT molecular complexity index is 434. The van der Waals surface area contributed by atoms with Gasteiger partial charge >= 0.3 is 0 Å². The van der Waals surface area contributed by atoms with Crippen LogP contribution in [0.1, 0.15) is 43.5 Å². The minimum absolute atomic E-state index is 0.435. The van der Waals surface area contributed by atoms with Crippen molar-refractivity contribution in [2.45, 2.75) is 39.2 Å². The van der Waals surface area contributed by atoms with E-state index in [-0.39, 0.29) is 0 Å². The third-order valence-electron chi connectivity index (χ3n) is 4.04. The molecule has 1 unspecified atom stereocenters. The summed E-state index contributed by atoms with van der Waals surface area (Å²) in [5.41, 5.74) is 2.39. The minimum atomic E-state index is -0.435. The number of aliphatic hydroxyl groups is 1. The molecule has 0 radical (unpaired) electrons. The molecule has 0 aromatic carbocycles. The first kappa shape index (κ1) is 11.0. The second-order valence-corrected chi connectivity index (χ2v) is 5.49. The van der Waals surface area contributed by atoms with Crippen LogP contribution in [0.5, 0.6) is 0 Å². The minimum Gasteiger partial charge on any atom is -0.388 e. The van der Waals surface area contributed by atoms with Crippen molar-refractivity contribution >= 4 is 5.95 Å². The molecule has 92 valence electrons. The van der Waals surface area contributed by atoms with Gasteiger partial charge in [-0.3, -0.25) is 0 Å². The van der Waals surface area contributed by atoms with E-state index in [4.69, 9.17) is 0 Å². The Morgan fingerprint density at radius 1 is 1.47 bits per heavy atom. The lowest BCUT2D eigenvalue weighted by atomic mass is 9.98. The first-order valence-corrected chi connectivity index (χ1v) is 6.40. The molecule has 2 aliphatic rings. The molecule has 1 aromatic heterocycles. The first-order chi connectivity index (χ1) is 8.13. The van der Waals surface area contributed by atoms with E-state index in [1.165, 1.54) is 12.8 Å². The predicted octanol–water partition coefficient (Wildman–Crippen LogP) is 1.83. The lowest BCUT2D eigenvalue weighted by molar-refractivity contribution is 0.172. The molecular weight excluding hydrogens is 214 g/mol. The maximum atomic E-state index is 9.81. The number of aliphatic hydroxyl groups excluding tert-OH is 1. The normalized spacial score (nSPS) is 22.4. The van der Waals surface area contributed by atoms with Crippen molar-refractivity contribution in [3.8, 4) is 0 Å². The van der Waals surface area contributed by atoms with Crippen LogP contribution in [0.15, 0.2) is 6.20 Å². The lowest BCUT2D eigenvalue weighted by Gasteiger charge is -2.40. The fourth-order valence-electron chi connectivity index (χ4n) is 2.56. The van der Waals surface area contributed by atoms with Gasteiger partial charge in [-0.2, -0.15) is 0 Å². The number of anilines is 1. The highest BCUT2D eigenvalue weighted by Crippen LogP contribution is 2.53. The molecular formula is C13H19N3O. The maximum Gasteiger partial charge on any atom is 0.225 e. The molecule has 1 spiro atoms. The fraction of sp³-hybridized carbons (Fsp3) is 0.692. The summed E-state index contributed by atoms with van der Waals surface area (Å²) in [6, 6.07) is 0. The molecule has 1 saturated heterocycles. The van der Waals surface area contributed by atoms with Gasteiger partial charge < -0.3 is 10.0 Å². The van der Waals surface area contributed by atoms with Crippen molar-refractivity contribution in [1.29, 1.82) is 0 Å². The van der Waals surface area contributed by atoms with E-state index >= 15 is 0 Å². The first-order valence-electron chi connectivity index (χ1n) is 6.40. The molecule has 17 heavy (non-hydrogen) atoms. The third kappa shape index (κ3) is 1.80. The largest absolute Gasteiger partial charge is 0.388 e. The standard InChI is InChI=1S/C13H19N3O/c1-3-11(17)10-6-14-12(15-9(10)2)16-7-13(8-16)4-5-13/h6,11,17H,3-5,7-8H2,1-2H3. The summed E-state index contributed by atoms with van der Waals surface area (Å²) >= 11 is 0. The zero-order chi connectivity index (χ0) is 12.0. The molecule has 0 amide bonds. The van der Waals surface area contributed by atoms with Crippen molar-refractivity contribution in [3.05, 3.63) is 17.5 Å². The van der Waals surface area contributed by atoms with Crippen molar-refractivity contribution in [3.63, 3.8) is 0 Å². The summed E-state index contributed by atoms with van der Waals surface area (Å²) in [4.78, 5) is 11.1. The highest BCUT2D eigenvalue weighted by molar-refractivity contribution is 5.40. The Morgan fingerprint density at radius 3 is 2.71 bits per heavy atom. The number of aromatic nitrogens is 2. The Labute approximate surface area is 102 Å². The highest BCUT2D eigenvalue weighted by atomic mass is 16.3. The van der Waals surface area contributed by atoms with Crippen LogP contribution < -0.4 is 4.90 Å². The Kier molecular flexibility index (Phi) is 2.36. The Morgan fingerprint density at radius 2 is 2.18 bits per heavy atom. The molecule has 1 N–H and O–H groups in total. The van der Waals surface area contributed by atoms with Gasteiger partial charge in [-0.05, 0) is 26.2 Å². The van der Waals surface area contributed by atoms with Crippen LogP contribution in [0, 0.1) is 12.3 Å². The Hall–Kier alpha value is -1.16. The number of aryl methyl sites for hydroxylation is 1. The Balaban J connectivity index is 1.76. The van der Waals surface area contributed by atoms with Gasteiger partial charge in [0, 0.05) is 36.0 Å². The van der Waals surface area contributed by atoms with Crippen LogP contribution in [-0.4, -0.2) is 28.2 Å². The van der Waals surface area contributed by atoms with Crippen LogP contribution in [-0.2, 0) is 0 Å². The molecule has 1 saturated carbocycles. The van der Waals surface area contributed by atoms with E-state index in [0.717, 1.165) is 30.3 Å². The highest BCUT2D eigenvalue weighted by Gasteiger charge is 2.53. The van der Waals surface area contributed by atoms with Gasteiger partial charge in [0.05, 0.1) is 6.10 Å². The van der Waals surface area contributed by atoms with Crippen molar-refractivity contribution in [2.75, 3.05) is 18.0 Å². The van der Waals surface area contributed by atoms with E-state index in [1.54, 1.807) is 6.20 Å². The number of hydrogen-bond acceptors (Lipinski definition) is 4. The van der Waals surface area contributed by atoms with E-state index in [1.807, 2.05) is 13.8 Å². The van der Waals surface area contributed by atoms with Crippen molar-refractivity contribution < 1.29 is 5.11 Å². The van der Waals surface area contributed by atoms with Crippen molar-refractivity contribution in [1.82, 2.24) is 9.97 Å². The molecule has 4 heteroatoms. The van der Waals surface area contributed by atoms with Gasteiger partial charge in [0.15, 0.2) is 0 Å². The molecule has 1 aromatic rings. The van der Waals surface area contributed by atoms with E-state index in [9.17, 15) is 5.11 Å². The summed E-state index contributed by atoms with van der Waals surface area (Å²) in [5.74, 6) is 0.826. The zero-order valence-corrected chi connectivity index (χ0v) is 10.5. The summed E-state index contributed by atoms with van der Waals surface area (Å²) in [7, 11) is 0. The molecule has 2 fully saturated rings. The second kappa shape index (κ2) is 3.67. The number of hydrogen-bond donors (Lipinski definition) is 1. The van der Waals surface area contributed by atoms with E-state index in [0.29, 0.717) is 11.8 Å². The van der Waals surface area contributed by atoms with Crippen LogP contribution in [0.3, 0.4) is 0 Å². The average Bonchev–Trinajstić information content (AvgIpc) is 3.06. The molecule has 4 nitrogen and oxygen atoms in total. The zero-order valence-electron chi connectivity index (χ0n) is 10.5. The number of nitrogens with zero attached hydrogens (tertiary/aromatic N) is 3. The van der Waals surface area contributed by atoms with E-state index in [2.05, 4.69) is 14.9 Å².